The Labute approximate surface area is 377 Å². The molecule has 4 aromatic carbocycles. The zero-order chi connectivity index (χ0) is 44.5. The van der Waals surface area contributed by atoms with Gasteiger partial charge in [0.25, 0.3) is 0 Å². The van der Waals surface area contributed by atoms with Crippen molar-refractivity contribution in [2.24, 2.45) is 0 Å². The maximum absolute atomic E-state index is 11.9. The van der Waals surface area contributed by atoms with Crippen molar-refractivity contribution in [1.29, 1.82) is 0 Å². The van der Waals surface area contributed by atoms with Crippen molar-refractivity contribution in [1.82, 2.24) is 9.97 Å². The summed E-state index contributed by atoms with van der Waals surface area (Å²) in [6.45, 7) is 5.95. The average molecular weight is 877 g/mol. The first kappa shape index (κ1) is 41.5. The van der Waals surface area contributed by atoms with E-state index in [0.29, 0.717) is 22.7 Å². The fourth-order valence-corrected chi connectivity index (χ4v) is 10.2. The minimum absolute atomic E-state index is 0.151. The molecule has 3 aromatic heterocycles. The van der Waals surface area contributed by atoms with Gasteiger partial charge in [0, 0.05) is 91.5 Å². The largest absolute Gasteiger partial charge is 0.326 e. The number of nitrogens with zero attached hydrogens (tertiary/aromatic N) is 2. The number of thiophene rings is 2. The van der Waals surface area contributed by atoms with Gasteiger partial charge in [-0.1, -0.05) is 48.5 Å². The molecule has 0 aliphatic carbocycles. The fraction of sp³-hybridized carbons (Fsp3) is 0.0769. The van der Waals surface area contributed by atoms with Crippen LogP contribution in [0.15, 0.2) is 121 Å². The van der Waals surface area contributed by atoms with Crippen LogP contribution < -0.4 is 21.3 Å². The molecule has 8 bridgehead atoms. The zero-order valence-corrected chi connectivity index (χ0v) is 36.8. The van der Waals surface area contributed by atoms with Crippen LogP contribution >= 0.6 is 22.7 Å². The molecule has 0 spiro atoms. The number of rotatable bonds is 8. The molecule has 2 aliphatic heterocycles. The lowest BCUT2D eigenvalue weighted by molar-refractivity contribution is -0.115. The van der Waals surface area contributed by atoms with Gasteiger partial charge < -0.3 is 21.3 Å². The van der Waals surface area contributed by atoms with E-state index >= 15 is 0 Å². The summed E-state index contributed by atoms with van der Waals surface area (Å²) in [6, 6.07) is 39.6. The highest BCUT2D eigenvalue weighted by Crippen LogP contribution is 2.43. The molecule has 0 saturated heterocycles. The summed E-state index contributed by atoms with van der Waals surface area (Å²) in [5, 5.41) is 11.5. The minimum atomic E-state index is -0.151. The van der Waals surface area contributed by atoms with Gasteiger partial charge in [-0.3, -0.25) is 19.2 Å². The second-order valence-corrected chi connectivity index (χ2v) is 17.5. The van der Waals surface area contributed by atoms with Crippen molar-refractivity contribution in [2.45, 2.75) is 27.7 Å². The maximum atomic E-state index is 11.9. The smallest absolute Gasteiger partial charge is 0.221 e. The molecule has 64 heavy (non-hydrogen) atoms. The van der Waals surface area contributed by atoms with Crippen LogP contribution in [0.3, 0.4) is 0 Å². The van der Waals surface area contributed by atoms with E-state index in [4.69, 9.17) is 9.97 Å². The first-order valence-corrected chi connectivity index (χ1v) is 22.1. The molecule has 7 aromatic rings. The number of hydrogen-bond donors (Lipinski definition) is 4. The highest BCUT2D eigenvalue weighted by molar-refractivity contribution is 7.24. The van der Waals surface area contributed by atoms with E-state index in [-0.39, 0.29) is 23.6 Å². The van der Waals surface area contributed by atoms with Gasteiger partial charge in [0.05, 0.1) is 22.8 Å². The number of fused-ring (bicyclic) bond motifs is 8. The molecule has 314 valence electrons. The Morgan fingerprint density at radius 2 is 0.531 bits per heavy atom. The van der Waals surface area contributed by atoms with E-state index in [1.807, 2.05) is 121 Å². The van der Waals surface area contributed by atoms with Gasteiger partial charge in [0.2, 0.25) is 23.6 Å². The summed E-state index contributed by atoms with van der Waals surface area (Å²) in [5.74, 6) is -0.603. The number of benzene rings is 4. The van der Waals surface area contributed by atoms with Gasteiger partial charge in [-0.25, -0.2) is 9.97 Å². The number of anilines is 4. The van der Waals surface area contributed by atoms with Gasteiger partial charge in [-0.2, -0.15) is 0 Å². The monoisotopic (exact) mass is 876 g/mol. The summed E-state index contributed by atoms with van der Waals surface area (Å²) in [7, 11) is 0. The molecule has 0 radical (unpaired) electrons. The van der Waals surface area contributed by atoms with Crippen molar-refractivity contribution in [2.75, 3.05) is 21.3 Å². The van der Waals surface area contributed by atoms with Gasteiger partial charge in [0.1, 0.15) is 0 Å². The third kappa shape index (κ3) is 8.78. The molecular formula is C52H40N6O4S2. The summed E-state index contributed by atoms with van der Waals surface area (Å²) >= 11 is 3.26. The highest BCUT2D eigenvalue weighted by atomic mass is 32.1. The SMILES string of the molecule is CC(=O)Nc1ccc(-c2c3nc(c(-c4ccc(NC(C)=O)cc4)c4ccc(s4)c(-c4ccc(NC(C)=O)cc4)c4nc(c(-c5ccc(NC(C)=O)cc5)c5ccc2s5)C=C4)C=C3)cc1. The first-order valence-electron chi connectivity index (χ1n) is 20.5. The van der Waals surface area contributed by atoms with E-state index in [1.54, 1.807) is 22.7 Å². The lowest BCUT2D eigenvalue weighted by Crippen LogP contribution is -2.05. The van der Waals surface area contributed by atoms with Crippen LogP contribution in [0.1, 0.15) is 50.5 Å². The average Bonchev–Trinajstić information content (AvgIpc) is 4.11. The molecule has 2 aliphatic rings. The third-order valence-electron chi connectivity index (χ3n) is 10.5. The molecule has 4 N–H and O–H groups in total. The Bertz CT molecular complexity index is 2830. The van der Waals surface area contributed by atoms with Crippen LogP contribution in [-0.4, -0.2) is 33.6 Å². The number of carbonyl (C=O) groups is 4. The summed E-state index contributed by atoms with van der Waals surface area (Å²) < 4.78 is 3.90. The molecule has 0 atom stereocenters. The Kier molecular flexibility index (Phi) is 11.4. The first-order chi connectivity index (χ1) is 30.9. The van der Waals surface area contributed by atoms with Crippen molar-refractivity contribution in [3.63, 3.8) is 0 Å². The molecule has 10 nitrogen and oxygen atoms in total. The summed E-state index contributed by atoms with van der Waals surface area (Å²) in [5.41, 5.74) is 13.2. The van der Waals surface area contributed by atoms with Crippen molar-refractivity contribution in [3.8, 4) is 44.5 Å². The topological polar surface area (TPSA) is 142 Å². The standard InChI is InChI=1S/C52H40N6O4S2/c1-29(59)53-37-13-5-33(6-14-37)49-41-21-22-42(57-41)50(34-7-15-38(16-8-34)54-30(2)60)47-27-28-48(64-47)52(36-11-19-40(20-12-36)56-32(4)62)44-24-23-43(58-44)51(46-26-25-45(49)63-46)35-9-17-39(18-10-35)55-31(3)61/h5-28H,1-4H3,(H,53,59)(H,54,60)(H,55,61)(H,56,62). The van der Waals surface area contributed by atoms with Crippen molar-refractivity contribution < 1.29 is 19.2 Å². The number of carbonyl (C=O) groups excluding carboxylic acids is 4. The quantitative estimate of drug-likeness (QED) is 0.120. The van der Waals surface area contributed by atoms with Gasteiger partial charge >= 0.3 is 0 Å². The van der Waals surface area contributed by atoms with Crippen LogP contribution in [0.4, 0.5) is 22.7 Å². The number of amides is 4. The molecule has 4 amide bonds. The van der Waals surface area contributed by atoms with Crippen LogP contribution in [0.2, 0.25) is 0 Å². The van der Waals surface area contributed by atoms with E-state index in [1.165, 1.54) is 27.7 Å². The molecule has 0 saturated carbocycles. The summed E-state index contributed by atoms with van der Waals surface area (Å²) in [4.78, 5) is 58.6. The molecule has 0 unspecified atom stereocenters. The maximum Gasteiger partial charge on any atom is 0.221 e. The fourth-order valence-electron chi connectivity index (χ4n) is 7.85. The van der Waals surface area contributed by atoms with Crippen LogP contribution in [-0.2, 0) is 19.2 Å². The molecular weight excluding hydrogens is 837 g/mol. The predicted octanol–water partition coefficient (Wildman–Crippen LogP) is 12.6. The normalized spacial score (nSPS) is 11.6. The van der Waals surface area contributed by atoms with E-state index in [9.17, 15) is 19.2 Å². The number of hydrogen-bond acceptors (Lipinski definition) is 8. The Balaban J connectivity index is 1.38. The highest BCUT2D eigenvalue weighted by Gasteiger charge is 2.20. The van der Waals surface area contributed by atoms with Crippen molar-refractivity contribution in [3.05, 3.63) is 144 Å². The minimum Gasteiger partial charge on any atom is -0.326 e. The molecule has 5 heterocycles. The van der Waals surface area contributed by atoms with Gasteiger partial charge in [0.15, 0.2) is 0 Å². The predicted molar refractivity (Wildman–Crippen MR) is 265 cm³/mol. The van der Waals surface area contributed by atoms with Gasteiger partial charge in [-0.05, 0) is 119 Å². The molecule has 12 heteroatoms. The van der Waals surface area contributed by atoms with E-state index in [2.05, 4.69) is 45.5 Å². The van der Waals surface area contributed by atoms with Crippen LogP contribution in [0.5, 0.6) is 0 Å². The number of nitrogens with one attached hydrogen (secondary N) is 4. The van der Waals surface area contributed by atoms with E-state index < -0.39 is 0 Å². The number of aromatic nitrogens is 2. The summed E-state index contributed by atoms with van der Waals surface area (Å²) in [6.07, 6.45) is 8.20. The second-order valence-electron chi connectivity index (χ2n) is 15.3. The van der Waals surface area contributed by atoms with Crippen LogP contribution in [0.25, 0.3) is 87.6 Å². The van der Waals surface area contributed by atoms with Crippen LogP contribution in [0, 0.1) is 0 Å². The van der Waals surface area contributed by atoms with E-state index in [0.717, 1.165) is 86.1 Å². The second kappa shape index (κ2) is 17.5. The van der Waals surface area contributed by atoms with Gasteiger partial charge in [-0.15, -0.1) is 22.7 Å². The molecule has 0 fully saturated rings. The Hall–Kier alpha value is -7.80. The van der Waals surface area contributed by atoms with Crippen molar-refractivity contribution >= 4 is 112 Å². The lowest BCUT2D eigenvalue weighted by atomic mass is 10.0. The Morgan fingerprint density at radius 3 is 0.719 bits per heavy atom. The third-order valence-corrected chi connectivity index (χ3v) is 12.7. The Morgan fingerprint density at radius 1 is 0.328 bits per heavy atom. The lowest BCUT2D eigenvalue weighted by Gasteiger charge is -2.08. The zero-order valence-electron chi connectivity index (χ0n) is 35.2. The molecule has 9 rings (SSSR count).